The van der Waals surface area contributed by atoms with Gasteiger partial charge in [0.2, 0.25) is 11.7 Å². The fourth-order valence-electron chi connectivity index (χ4n) is 4.09. The molecule has 3 heterocycles. The van der Waals surface area contributed by atoms with E-state index in [2.05, 4.69) is 20.3 Å². The average molecular weight is 449 g/mol. The van der Waals surface area contributed by atoms with Gasteiger partial charge >= 0.3 is 0 Å². The van der Waals surface area contributed by atoms with E-state index in [0.29, 0.717) is 34.5 Å². The third-order valence-electron chi connectivity index (χ3n) is 5.77. The van der Waals surface area contributed by atoms with Crippen molar-refractivity contribution in [2.24, 2.45) is 0 Å². The van der Waals surface area contributed by atoms with E-state index >= 15 is 0 Å². The fraction of sp³-hybridized carbons (Fsp3) is 0.261. The Balaban J connectivity index is 1.48. The molecule has 0 saturated carbocycles. The summed E-state index contributed by atoms with van der Waals surface area (Å²) < 4.78 is 5.61. The highest BCUT2D eigenvalue weighted by Crippen LogP contribution is 2.35. The van der Waals surface area contributed by atoms with E-state index in [9.17, 15) is 4.79 Å². The van der Waals surface area contributed by atoms with Gasteiger partial charge in [0.05, 0.1) is 23.6 Å². The molecule has 0 aliphatic carbocycles. The first-order valence-electron chi connectivity index (χ1n) is 10.4. The van der Waals surface area contributed by atoms with Crippen LogP contribution in [0.4, 0.5) is 0 Å². The minimum atomic E-state index is -0.290. The fourth-order valence-corrected chi connectivity index (χ4v) is 4.26. The predicted octanol–water partition coefficient (Wildman–Crippen LogP) is 4.56. The molecular weight excluding hydrogens is 428 g/mol. The van der Waals surface area contributed by atoms with Crippen LogP contribution in [0, 0.1) is 13.8 Å². The minimum Gasteiger partial charge on any atom is -0.337 e. The zero-order valence-corrected chi connectivity index (χ0v) is 18.5. The summed E-state index contributed by atoms with van der Waals surface area (Å²) in [6.07, 6.45) is 4.78. The molecular formula is C23H21ClN6O2. The zero-order valence-electron chi connectivity index (χ0n) is 17.7. The smallest absolute Gasteiger partial charge is 0.256 e. The Bertz CT molecular complexity index is 1280. The second-order valence-electron chi connectivity index (χ2n) is 7.86. The first-order chi connectivity index (χ1) is 15.5. The highest BCUT2D eigenvalue weighted by molar-refractivity contribution is 6.31. The van der Waals surface area contributed by atoms with Gasteiger partial charge in [-0.25, -0.2) is 0 Å². The van der Waals surface area contributed by atoms with Gasteiger partial charge in [0.25, 0.3) is 5.91 Å². The summed E-state index contributed by atoms with van der Waals surface area (Å²) in [7, 11) is 0. The molecule has 32 heavy (non-hydrogen) atoms. The van der Waals surface area contributed by atoms with E-state index in [1.165, 1.54) is 4.80 Å². The van der Waals surface area contributed by atoms with Crippen molar-refractivity contribution in [3.05, 3.63) is 76.4 Å². The van der Waals surface area contributed by atoms with E-state index in [-0.39, 0.29) is 11.9 Å². The summed E-state index contributed by atoms with van der Waals surface area (Å²) in [5.41, 5.74) is 3.86. The van der Waals surface area contributed by atoms with Gasteiger partial charge in [0.1, 0.15) is 6.04 Å². The van der Waals surface area contributed by atoms with Gasteiger partial charge in [-0.15, -0.1) is 0 Å². The van der Waals surface area contributed by atoms with Crippen molar-refractivity contribution in [3.8, 4) is 17.1 Å². The Morgan fingerprint density at radius 1 is 1.16 bits per heavy atom. The molecule has 1 saturated heterocycles. The van der Waals surface area contributed by atoms with Gasteiger partial charge in [-0.1, -0.05) is 40.5 Å². The van der Waals surface area contributed by atoms with E-state index < -0.39 is 0 Å². The van der Waals surface area contributed by atoms with Gasteiger partial charge in [-0.2, -0.15) is 20.0 Å². The lowest BCUT2D eigenvalue weighted by Gasteiger charge is -2.23. The molecule has 9 heteroatoms. The summed E-state index contributed by atoms with van der Waals surface area (Å²) in [5.74, 6) is 0.787. The van der Waals surface area contributed by atoms with Crippen LogP contribution >= 0.6 is 11.6 Å². The Morgan fingerprint density at radius 3 is 2.78 bits per heavy atom. The first kappa shape index (κ1) is 20.4. The lowest BCUT2D eigenvalue weighted by molar-refractivity contribution is 0.0709. The van der Waals surface area contributed by atoms with Crippen molar-refractivity contribution < 1.29 is 9.32 Å². The van der Waals surface area contributed by atoms with Gasteiger partial charge < -0.3 is 9.42 Å². The topological polar surface area (TPSA) is 89.9 Å². The number of likely N-dealkylation sites (tertiary alicyclic amines) is 1. The Labute approximate surface area is 189 Å². The highest BCUT2D eigenvalue weighted by Gasteiger charge is 2.36. The standard InChI is InChI=1S/C23H21ClN6O2/c1-14-8-9-19(30-25-10-11-26-30)17(13-14)23(31)29-12-4-7-20(29)22-27-21(28-32-22)16-5-3-6-18(24)15(16)2/h3,5-6,8-11,13,20H,4,7,12H2,1-2H3. The van der Waals surface area contributed by atoms with Crippen molar-refractivity contribution in [1.82, 2.24) is 30.0 Å². The average Bonchev–Trinajstić information content (AvgIpc) is 3.56. The van der Waals surface area contributed by atoms with Gasteiger partial charge in [0, 0.05) is 17.1 Å². The van der Waals surface area contributed by atoms with E-state index in [0.717, 1.165) is 29.5 Å². The van der Waals surface area contributed by atoms with Crippen molar-refractivity contribution in [3.63, 3.8) is 0 Å². The number of benzene rings is 2. The molecule has 1 fully saturated rings. The SMILES string of the molecule is Cc1ccc(-n2nccn2)c(C(=O)N2CCCC2c2nc(-c3cccc(Cl)c3C)no2)c1. The number of amides is 1. The molecule has 1 aliphatic heterocycles. The molecule has 0 radical (unpaired) electrons. The number of carbonyl (C=O) groups is 1. The molecule has 8 nitrogen and oxygen atoms in total. The summed E-state index contributed by atoms with van der Waals surface area (Å²) in [6, 6.07) is 11.0. The normalized spacial score (nSPS) is 16.0. The lowest BCUT2D eigenvalue weighted by Crippen LogP contribution is -2.31. The number of nitrogens with zero attached hydrogens (tertiary/aromatic N) is 6. The molecule has 4 aromatic rings. The molecule has 0 bridgehead atoms. The Kier molecular flexibility index (Phi) is 5.22. The summed E-state index contributed by atoms with van der Waals surface area (Å²) >= 11 is 6.25. The summed E-state index contributed by atoms with van der Waals surface area (Å²) in [6.45, 7) is 4.48. The highest BCUT2D eigenvalue weighted by atomic mass is 35.5. The maximum absolute atomic E-state index is 13.6. The maximum Gasteiger partial charge on any atom is 0.256 e. The largest absolute Gasteiger partial charge is 0.337 e. The quantitative estimate of drug-likeness (QED) is 0.454. The van der Waals surface area contributed by atoms with Crippen LogP contribution in [0.25, 0.3) is 17.1 Å². The molecule has 2 aromatic heterocycles. The second kappa shape index (κ2) is 8.20. The third-order valence-corrected chi connectivity index (χ3v) is 6.18. The molecule has 1 atom stereocenters. The molecule has 162 valence electrons. The van der Waals surface area contributed by atoms with Crippen molar-refractivity contribution in [1.29, 1.82) is 0 Å². The Morgan fingerprint density at radius 2 is 1.97 bits per heavy atom. The van der Waals surface area contributed by atoms with Crippen LogP contribution in [-0.2, 0) is 0 Å². The minimum absolute atomic E-state index is 0.109. The first-order valence-corrected chi connectivity index (χ1v) is 10.8. The van der Waals surface area contributed by atoms with Crippen LogP contribution in [0.5, 0.6) is 0 Å². The summed E-state index contributed by atoms with van der Waals surface area (Å²) in [5, 5.41) is 13.2. The molecule has 1 unspecified atom stereocenters. The summed E-state index contributed by atoms with van der Waals surface area (Å²) in [4.78, 5) is 21.5. The second-order valence-corrected chi connectivity index (χ2v) is 8.27. The number of hydrogen-bond acceptors (Lipinski definition) is 6. The molecule has 2 aromatic carbocycles. The van der Waals surface area contributed by atoms with Crippen LogP contribution in [0.2, 0.25) is 5.02 Å². The molecule has 1 amide bonds. The Hall–Kier alpha value is -3.52. The van der Waals surface area contributed by atoms with E-state index in [1.54, 1.807) is 17.3 Å². The van der Waals surface area contributed by atoms with Crippen LogP contribution in [0.3, 0.4) is 0 Å². The van der Waals surface area contributed by atoms with Crippen molar-refractivity contribution in [2.75, 3.05) is 6.54 Å². The third kappa shape index (κ3) is 3.56. The number of halogens is 1. The van der Waals surface area contributed by atoms with Crippen LogP contribution in [0.15, 0.2) is 53.3 Å². The van der Waals surface area contributed by atoms with Crippen LogP contribution in [-0.4, -0.2) is 42.5 Å². The number of rotatable bonds is 4. The van der Waals surface area contributed by atoms with Gasteiger partial charge in [0.15, 0.2) is 0 Å². The zero-order chi connectivity index (χ0) is 22.2. The predicted molar refractivity (Wildman–Crippen MR) is 119 cm³/mol. The van der Waals surface area contributed by atoms with E-state index in [4.69, 9.17) is 16.1 Å². The van der Waals surface area contributed by atoms with E-state index in [1.807, 2.05) is 50.2 Å². The number of aromatic nitrogens is 5. The molecule has 0 spiro atoms. The lowest BCUT2D eigenvalue weighted by atomic mass is 10.1. The maximum atomic E-state index is 13.6. The number of hydrogen-bond donors (Lipinski definition) is 0. The van der Waals surface area contributed by atoms with Crippen LogP contribution < -0.4 is 0 Å². The van der Waals surface area contributed by atoms with Crippen molar-refractivity contribution in [2.45, 2.75) is 32.7 Å². The molecule has 0 N–H and O–H groups in total. The van der Waals surface area contributed by atoms with Crippen molar-refractivity contribution >= 4 is 17.5 Å². The molecule has 1 aliphatic rings. The van der Waals surface area contributed by atoms with Gasteiger partial charge in [-0.05, 0) is 50.5 Å². The molecule has 5 rings (SSSR count). The monoisotopic (exact) mass is 448 g/mol. The number of aryl methyl sites for hydroxylation is 1. The van der Waals surface area contributed by atoms with Gasteiger partial charge in [-0.3, -0.25) is 4.79 Å². The van der Waals surface area contributed by atoms with Crippen LogP contribution in [0.1, 0.15) is 46.3 Å². The number of carbonyl (C=O) groups excluding carboxylic acids is 1.